The van der Waals surface area contributed by atoms with Gasteiger partial charge in [0.15, 0.2) is 0 Å². The second-order valence-corrected chi connectivity index (χ2v) is 8.22. The van der Waals surface area contributed by atoms with Crippen molar-refractivity contribution in [3.63, 3.8) is 0 Å². The molecular formula is C24H30N4O3. The summed E-state index contributed by atoms with van der Waals surface area (Å²) in [6.45, 7) is 6.93. The van der Waals surface area contributed by atoms with Gasteiger partial charge in [0.1, 0.15) is 11.5 Å². The lowest BCUT2D eigenvalue weighted by Crippen LogP contribution is -2.52. The van der Waals surface area contributed by atoms with E-state index in [-0.39, 0.29) is 11.9 Å². The average molecular weight is 423 g/mol. The first-order chi connectivity index (χ1) is 15.1. The van der Waals surface area contributed by atoms with E-state index < -0.39 is 0 Å². The van der Waals surface area contributed by atoms with Crippen molar-refractivity contribution in [3.8, 4) is 11.5 Å². The SMILES string of the molecule is Cc1cccc(Oc2ccc(NC(=O)N3CCN(CC(=O)N4CCCC4)CC3)cc2)c1. The number of urea groups is 1. The number of hydrogen-bond acceptors (Lipinski definition) is 4. The lowest BCUT2D eigenvalue weighted by Gasteiger charge is -2.35. The molecule has 2 aliphatic heterocycles. The van der Waals surface area contributed by atoms with Gasteiger partial charge in [-0.05, 0) is 61.7 Å². The summed E-state index contributed by atoms with van der Waals surface area (Å²) in [5, 5.41) is 2.95. The molecule has 0 radical (unpaired) electrons. The van der Waals surface area contributed by atoms with Crippen LogP contribution in [0.4, 0.5) is 10.5 Å². The number of carbonyl (C=O) groups excluding carboxylic acids is 2. The van der Waals surface area contributed by atoms with Crippen molar-refractivity contribution in [1.82, 2.24) is 14.7 Å². The number of ether oxygens (including phenoxy) is 1. The molecule has 7 heteroatoms. The number of likely N-dealkylation sites (tertiary alicyclic amines) is 1. The Labute approximate surface area is 183 Å². The Morgan fingerprint density at radius 3 is 2.26 bits per heavy atom. The predicted molar refractivity (Wildman–Crippen MR) is 121 cm³/mol. The van der Waals surface area contributed by atoms with Crippen molar-refractivity contribution in [2.75, 3.05) is 51.1 Å². The third-order valence-corrected chi connectivity index (χ3v) is 5.81. The Balaban J connectivity index is 1.23. The van der Waals surface area contributed by atoms with Crippen LogP contribution in [0.5, 0.6) is 11.5 Å². The summed E-state index contributed by atoms with van der Waals surface area (Å²) < 4.78 is 5.86. The van der Waals surface area contributed by atoms with Gasteiger partial charge in [-0.2, -0.15) is 0 Å². The molecule has 0 atom stereocenters. The van der Waals surface area contributed by atoms with Gasteiger partial charge in [0.2, 0.25) is 5.91 Å². The van der Waals surface area contributed by atoms with E-state index in [2.05, 4.69) is 10.2 Å². The molecule has 31 heavy (non-hydrogen) atoms. The van der Waals surface area contributed by atoms with Crippen LogP contribution >= 0.6 is 0 Å². The van der Waals surface area contributed by atoms with Crippen LogP contribution in [-0.4, -0.2) is 72.5 Å². The number of piperazine rings is 1. The molecule has 2 aromatic rings. The van der Waals surface area contributed by atoms with Crippen LogP contribution < -0.4 is 10.1 Å². The minimum Gasteiger partial charge on any atom is -0.457 e. The molecule has 2 fully saturated rings. The minimum atomic E-state index is -0.113. The third kappa shape index (κ3) is 5.76. The van der Waals surface area contributed by atoms with E-state index in [0.717, 1.165) is 61.8 Å². The lowest BCUT2D eigenvalue weighted by atomic mass is 10.2. The van der Waals surface area contributed by atoms with Crippen molar-refractivity contribution in [2.45, 2.75) is 19.8 Å². The first kappa shape index (κ1) is 21.2. The number of amides is 3. The number of anilines is 1. The van der Waals surface area contributed by atoms with Gasteiger partial charge in [0.05, 0.1) is 6.54 Å². The van der Waals surface area contributed by atoms with Gasteiger partial charge in [-0.3, -0.25) is 9.69 Å². The summed E-state index contributed by atoms with van der Waals surface area (Å²) in [6.07, 6.45) is 2.22. The van der Waals surface area contributed by atoms with Crippen LogP contribution in [0.2, 0.25) is 0 Å². The minimum absolute atomic E-state index is 0.113. The van der Waals surface area contributed by atoms with E-state index in [9.17, 15) is 9.59 Å². The second kappa shape index (κ2) is 9.83. The number of nitrogens with zero attached hydrogens (tertiary/aromatic N) is 3. The quantitative estimate of drug-likeness (QED) is 0.800. The van der Waals surface area contributed by atoms with Gasteiger partial charge in [0.25, 0.3) is 0 Å². The van der Waals surface area contributed by atoms with Crippen LogP contribution in [-0.2, 0) is 4.79 Å². The van der Waals surface area contributed by atoms with E-state index >= 15 is 0 Å². The highest BCUT2D eigenvalue weighted by Gasteiger charge is 2.25. The molecule has 3 amide bonds. The van der Waals surface area contributed by atoms with Gasteiger partial charge >= 0.3 is 6.03 Å². The first-order valence-electron chi connectivity index (χ1n) is 11.0. The van der Waals surface area contributed by atoms with Crippen LogP contribution in [0.15, 0.2) is 48.5 Å². The summed E-state index contributed by atoms with van der Waals surface area (Å²) in [5.41, 5.74) is 1.87. The second-order valence-electron chi connectivity index (χ2n) is 8.22. The van der Waals surface area contributed by atoms with Crippen molar-refractivity contribution in [2.24, 2.45) is 0 Å². The molecule has 0 aliphatic carbocycles. The standard InChI is InChI=1S/C24H30N4O3/c1-19-5-4-6-22(17-19)31-21-9-7-20(8-10-21)25-24(30)28-15-13-26(14-16-28)18-23(29)27-11-2-3-12-27/h4-10,17H,2-3,11-16,18H2,1H3,(H,25,30). The zero-order valence-corrected chi connectivity index (χ0v) is 18.0. The van der Waals surface area contributed by atoms with Crippen molar-refractivity contribution >= 4 is 17.6 Å². The molecule has 0 bridgehead atoms. The Morgan fingerprint density at radius 1 is 0.871 bits per heavy atom. The fourth-order valence-corrected chi connectivity index (χ4v) is 3.99. The van der Waals surface area contributed by atoms with E-state index in [0.29, 0.717) is 19.6 Å². The summed E-state index contributed by atoms with van der Waals surface area (Å²) in [5.74, 6) is 1.72. The molecule has 2 aliphatic rings. The molecule has 0 spiro atoms. The molecular weight excluding hydrogens is 392 g/mol. The van der Waals surface area contributed by atoms with Gasteiger partial charge in [-0.1, -0.05) is 12.1 Å². The molecule has 7 nitrogen and oxygen atoms in total. The number of aryl methyl sites for hydroxylation is 1. The first-order valence-corrected chi connectivity index (χ1v) is 11.0. The molecule has 4 rings (SSSR count). The molecule has 0 saturated carbocycles. The van der Waals surface area contributed by atoms with E-state index in [1.165, 1.54) is 0 Å². The molecule has 2 aromatic carbocycles. The van der Waals surface area contributed by atoms with Crippen LogP contribution in [0.25, 0.3) is 0 Å². The maximum absolute atomic E-state index is 12.6. The number of carbonyl (C=O) groups is 2. The number of rotatable bonds is 5. The van der Waals surface area contributed by atoms with Gasteiger partial charge in [0, 0.05) is 45.0 Å². The topological polar surface area (TPSA) is 65.1 Å². The normalized spacial score (nSPS) is 16.9. The van der Waals surface area contributed by atoms with E-state index in [1.54, 1.807) is 4.90 Å². The Hall–Kier alpha value is -3.06. The fraction of sp³-hybridized carbons (Fsp3) is 0.417. The Kier molecular flexibility index (Phi) is 6.72. The monoisotopic (exact) mass is 422 g/mol. The number of benzene rings is 2. The molecule has 2 heterocycles. The van der Waals surface area contributed by atoms with E-state index in [1.807, 2.05) is 60.4 Å². The van der Waals surface area contributed by atoms with Gasteiger partial charge < -0.3 is 19.9 Å². The number of nitrogens with one attached hydrogen (secondary N) is 1. The molecule has 0 unspecified atom stereocenters. The molecule has 1 N–H and O–H groups in total. The number of hydrogen-bond donors (Lipinski definition) is 1. The Bertz CT molecular complexity index is 901. The predicted octanol–water partition coefficient (Wildman–Crippen LogP) is 3.56. The largest absolute Gasteiger partial charge is 0.457 e. The maximum Gasteiger partial charge on any atom is 0.321 e. The Morgan fingerprint density at radius 2 is 1.58 bits per heavy atom. The molecule has 0 aromatic heterocycles. The third-order valence-electron chi connectivity index (χ3n) is 5.81. The fourth-order valence-electron chi connectivity index (χ4n) is 3.99. The van der Waals surface area contributed by atoms with Crippen LogP contribution in [0.3, 0.4) is 0 Å². The van der Waals surface area contributed by atoms with Gasteiger partial charge in [-0.15, -0.1) is 0 Å². The lowest BCUT2D eigenvalue weighted by molar-refractivity contribution is -0.131. The highest BCUT2D eigenvalue weighted by molar-refractivity contribution is 5.89. The summed E-state index contributed by atoms with van der Waals surface area (Å²) in [6, 6.07) is 15.1. The van der Waals surface area contributed by atoms with Crippen LogP contribution in [0.1, 0.15) is 18.4 Å². The highest BCUT2D eigenvalue weighted by Crippen LogP contribution is 2.24. The summed E-state index contributed by atoms with van der Waals surface area (Å²) >= 11 is 0. The van der Waals surface area contributed by atoms with Crippen LogP contribution in [0, 0.1) is 6.92 Å². The average Bonchev–Trinajstić information content (AvgIpc) is 3.31. The summed E-state index contributed by atoms with van der Waals surface area (Å²) in [4.78, 5) is 30.8. The molecule has 164 valence electrons. The van der Waals surface area contributed by atoms with Crippen molar-refractivity contribution in [3.05, 3.63) is 54.1 Å². The zero-order valence-electron chi connectivity index (χ0n) is 18.0. The highest BCUT2D eigenvalue weighted by atomic mass is 16.5. The molecule has 2 saturated heterocycles. The summed E-state index contributed by atoms with van der Waals surface area (Å²) in [7, 11) is 0. The van der Waals surface area contributed by atoms with Gasteiger partial charge in [-0.25, -0.2) is 4.79 Å². The van der Waals surface area contributed by atoms with Crippen molar-refractivity contribution in [1.29, 1.82) is 0 Å². The maximum atomic E-state index is 12.6. The smallest absolute Gasteiger partial charge is 0.321 e. The zero-order chi connectivity index (χ0) is 21.6. The van der Waals surface area contributed by atoms with Crippen molar-refractivity contribution < 1.29 is 14.3 Å². The van der Waals surface area contributed by atoms with E-state index in [4.69, 9.17) is 4.74 Å².